The third-order valence-corrected chi connectivity index (χ3v) is 5.86. The molecule has 0 aliphatic rings. The smallest absolute Gasteiger partial charge is 1.00 e. The van der Waals surface area contributed by atoms with Gasteiger partial charge >= 0.3 is 35.5 Å². The fraction of sp³-hybridized carbons (Fsp3) is 0.185. The summed E-state index contributed by atoms with van der Waals surface area (Å²) in [4.78, 5) is 25.7. The van der Waals surface area contributed by atoms with E-state index >= 15 is 0 Å². The van der Waals surface area contributed by atoms with Gasteiger partial charge in [0.2, 0.25) is 0 Å². The van der Waals surface area contributed by atoms with E-state index in [0.29, 0.717) is 17.8 Å². The van der Waals surface area contributed by atoms with Gasteiger partial charge in [-0.2, -0.15) is 0 Å². The molecule has 166 valence electrons. The molecular formula is C27H25N4NaO2. The molecular weight excluding hydrogens is 435 g/mol. The summed E-state index contributed by atoms with van der Waals surface area (Å²) in [6.45, 7) is 2.87. The monoisotopic (exact) mass is 460 g/mol. The van der Waals surface area contributed by atoms with Gasteiger partial charge in [0, 0.05) is 23.6 Å². The molecule has 0 fully saturated rings. The molecule has 0 spiro atoms. The van der Waals surface area contributed by atoms with Crippen molar-refractivity contribution in [3.63, 3.8) is 0 Å². The van der Waals surface area contributed by atoms with E-state index in [-0.39, 0.29) is 36.5 Å². The van der Waals surface area contributed by atoms with Crippen molar-refractivity contribution in [3.05, 3.63) is 89.9 Å². The summed E-state index contributed by atoms with van der Waals surface area (Å²) in [5.74, 6) is 0.104. The molecule has 0 aliphatic carbocycles. The van der Waals surface area contributed by atoms with Crippen LogP contribution in [0.2, 0.25) is 0 Å². The zero-order valence-corrected chi connectivity index (χ0v) is 21.4. The van der Waals surface area contributed by atoms with Crippen LogP contribution < -0.4 is 29.6 Å². The first-order chi connectivity index (χ1) is 16.1. The largest absolute Gasteiger partial charge is 1.00 e. The summed E-state index contributed by atoms with van der Waals surface area (Å²) in [6.07, 6.45) is 4.94. The Labute approximate surface area is 221 Å². The number of aromatic nitrogens is 4. The fourth-order valence-electron chi connectivity index (χ4n) is 4.20. The number of rotatable bonds is 7. The van der Waals surface area contributed by atoms with Crippen LogP contribution in [0.5, 0.6) is 0 Å². The Morgan fingerprint density at radius 3 is 2.68 bits per heavy atom. The Morgan fingerprint density at radius 2 is 1.85 bits per heavy atom. The van der Waals surface area contributed by atoms with Gasteiger partial charge in [-0.25, -0.2) is 19.7 Å². The molecule has 0 saturated carbocycles. The summed E-state index contributed by atoms with van der Waals surface area (Å²) < 4.78 is 2.21. The maximum Gasteiger partial charge on any atom is 1.00 e. The van der Waals surface area contributed by atoms with E-state index < -0.39 is 5.97 Å². The van der Waals surface area contributed by atoms with Crippen LogP contribution in [0.1, 0.15) is 42.9 Å². The number of hydrogen-bond donors (Lipinski definition) is 1. The number of fused-ring (bicyclic) bond motifs is 2. The first-order valence-electron chi connectivity index (χ1n) is 11.2. The minimum atomic E-state index is -0.956. The summed E-state index contributed by atoms with van der Waals surface area (Å²) in [5.41, 5.74) is 5.32. The van der Waals surface area contributed by atoms with Crippen molar-refractivity contribution in [2.24, 2.45) is 0 Å². The number of carbonyl (C=O) groups is 1. The minimum Gasteiger partial charge on any atom is -1.00 e. The molecule has 3 aromatic heterocycles. The van der Waals surface area contributed by atoms with Crippen LogP contribution in [-0.4, -0.2) is 30.6 Å². The van der Waals surface area contributed by atoms with Gasteiger partial charge in [0.05, 0.1) is 23.3 Å². The number of aryl methyl sites for hydroxylation is 1. The number of aromatic carboxylic acids is 1. The van der Waals surface area contributed by atoms with E-state index in [1.165, 1.54) is 0 Å². The van der Waals surface area contributed by atoms with Crippen molar-refractivity contribution >= 4 is 28.0 Å². The third kappa shape index (κ3) is 4.75. The number of carboxylic acids is 1. The van der Waals surface area contributed by atoms with Crippen LogP contribution in [0.15, 0.2) is 72.9 Å². The van der Waals surface area contributed by atoms with Crippen LogP contribution in [-0.2, 0) is 13.0 Å². The average molecular weight is 461 g/mol. The van der Waals surface area contributed by atoms with Crippen molar-refractivity contribution < 1.29 is 40.9 Å². The van der Waals surface area contributed by atoms with Crippen LogP contribution in [0.25, 0.3) is 33.3 Å². The second-order valence-electron chi connectivity index (χ2n) is 8.14. The molecule has 34 heavy (non-hydrogen) atoms. The van der Waals surface area contributed by atoms with E-state index in [9.17, 15) is 9.90 Å². The van der Waals surface area contributed by atoms with Gasteiger partial charge in [0.25, 0.3) is 0 Å². The molecule has 7 heteroatoms. The van der Waals surface area contributed by atoms with Gasteiger partial charge in [0.1, 0.15) is 11.3 Å². The van der Waals surface area contributed by atoms with E-state index in [0.717, 1.165) is 52.7 Å². The Morgan fingerprint density at radius 1 is 1.00 bits per heavy atom. The number of carboxylic acid groups (broad SMARTS) is 1. The molecule has 6 nitrogen and oxygen atoms in total. The molecule has 0 radical (unpaired) electrons. The summed E-state index contributed by atoms with van der Waals surface area (Å²) in [5, 5.41) is 10.5. The number of unbranched alkanes of at least 4 members (excludes halogenated alkanes) is 1. The zero-order valence-electron chi connectivity index (χ0n) is 20.4. The maximum atomic E-state index is 11.6. The van der Waals surface area contributed by atoms with Crippen molar-refractivity contribution in [1.82, 2.24) is 19.5 Å². The Hall–Kier alpha value is -3.06. The number of pyridine rings is 2. The molecule has 0 atom stereocenters. The quantitative estimate of drug-likeness (QED) is 0.378. The summed E-state index contributed by atoms with van der Waals surface area (Å²) in [6, 6.07) is 21.0. The fourth-order valence-corrected chi connectivity index (χ4v) is 4.20. The van der Waals surface area contributed by atoms with Gasteiger partial charge < -0.3 is 11.1 Å². The number of imidazole rings is 1. The van der Waals surface area contributed by atoms with Gasteiger partial charge in [-0.05, 0) is 48.4 Å². The van der Waals surface area contributed by atoms with E-state index in [1.54, 1.807) is 18.2 Å². The Kier molecular flexibility index (Phi) is 7.41. The van der Waals surface area contributed by atoms with Crippen LogP contribution in [0, 0.1) is 0 Å². The predicted molar refractivity (Wildman–Crippen MR) is 130 cm³/mol. The normalized spacial score (nSPS) is 11.0. The van der Waals surface area contributed by atoms with Crippen molar-refractivity contribution in [3.8, 4) is 11.3 Å². The molecule has 5 rings (SSSR count). The molecule has 1 N–H and O–H groups in total. The molecule has 5 aromatic rings. The number of benzene rings is 2. The van der Waals surface area contributed by atoms with Crippen LogP contribution in [0.3, 0.4) is 0 Å². The first-order valence-corrected chi connectivity index (χ1v) is 11.2. The zero-order chi connectivity index (χ0) is 22.8. The molecule has 0 saturated heterocycles. The Bertz CT molecular complexity index is 1490. The summed E-state index contributed by atoms with van der Waals surface area (Å²) >= 11 is 0. The van der Waals surface area contributed by atoms with Crippen molar-refractivity contribution in [2.45, 2.75) is 32.7 Å². The van der Waals surface area contributed by atoms with E-state index in [4.69, 9.17) is 9.97 Å². The number of nitrogens with zero attached hydrogens (tertiary/aromatic N) is 4. The molecule has 2 aromatic carbocycles. The van der Waals surface area contributed by atoms with Gasteiger partial charge in [0.15, 0.2) is 5.65 Å². The van der Waals surface area contributed by atoms with Crippen LogP contribution in [0.4, 0.5) is 0 Å². The second-order valence-corrected chi connectivity index (χ2v) is 8.14. The number of hydrogen-bond acceptors (Lipinski definition) is 4. The topological polar surface area (TPSA) is 80.9 Å². The maximum absolute atomic E-state index is 11.6. The molecule has 0 bridgehead atoms. The molecule has 3 heterocycles. The average Bonchev–Trinajstić information content (AvgIpc) is 3.19. The van der Waals surface area contributed by atoms with Gasteiger partial charge in [-0.3, -0.25) is 0 Å². The molecule has 0 unspecified atom stereocenters. The summed E-state index contributed by atoms with van der Waals surface area (Å²) in [7, 11) is 0. The molecule has 0 amide bonds. The van der Waals surface area contributed by atoms with Crippen molar-refractivity contribution in [2.75, 3.05) is 0 Å². The van der Waals surface area contributed by atoms with Gasteiger partial charge in [-0.15, -0.1) is 0 Å². The predicted octanol–water partition coefficient (Wildman–Crippen LogP) is 2.85. The minimum absolute atomic E-state index is 0. The molecule has 0 aliphatic heterocycles. The van der Waals surface area contributed by atoms with Crippen LogP contribution >= 0.6 is 0 Å². The Balaban J connectivity index is 0.00000171. The first kappa shape index (κ1) is 24.1. The second kappa shape index (κ2) is 10.5. The third-order valence-electron chi connectivity index (χ3n) is 5.86. The SMILES string of the molecule is CCCCc1nc2cccnc2n1Cc1ccc2nc(-c3ccccc3C(=O)O)ccc2c1.[H-].[Na+]. The van der Waals surface area contributed by atoms with E-state index in [2.05, 4.69) is 28.6 Å². The standard InChI is InChI=1S/C27H24N4O2.Na.H/c1-2-3-10-25-30-24-9-6-15-28-26(24)31(25)17-18-11-13-22-19(16-18)12-14-23(29-22)20-7-4-5-8-21(20)27(32)33;;/h4-9,11-16H,2-3,10,17H2,1H3,(H,32,33);;/q;+1;-1. The van der Waals surface area contributed by atoms with Crippen molar-refractivity contribution in [1.29, 1.82) is 0 Å². The van der Waals surface area contributed by atoms with Gasteiger partial charge in [-0.1, -0.05) is 43.7 Å². The van der Waals surface area contributed by atoms with E-state index in [1.807, 2.05) is 42.6 Å².